The number of nitrogens with zero attached hydrogens (tertiary/aromatic N) is 2. The van der Waals surface area contributed by atoms with Crippen LogP contribution in [0.3, 0.4) is 0 Å². The van der Waals surface area contributed by atoms with Gasteiger partial charge in [-0.25, -0.2) is 9.78 Å². The summed E-state index contributed by atoms with van der Waals surface area (Å²) in [5.41, 5.74) is -0.579. The Labute approximate surface area is 142 Å². The predicted octanol–water partition coefficient (Wildman–Crippen LogP) is 1.52. The Hall–Kier alpha value is -2.00. The fourth-order valence-electron chi connectivity index (χ4n) is 2.25. The molecule has 8 nitrogen and oxygen atoms in total. The molecule has 2 rings (SSSR count). The minimum atomic E-state index is -2.35. The van der Waals surface area contributed by atoms with E-state index in [1.165, 1.54) is 23.2 Å². The van der Waals surface area contributed by atoms with Gasteiger partial charge in [0.1, 0.15) is 11.4 Å². The number of ether oxygens (including phenoxy) is 1. The van der Waals surface area contributed by atoms with Gasteiger partial charge in [-0.15, -0.1) is 0 Å². The number of carbonyl (C=O) groups excluding carboxylic acids is 2. The second-order valence-corrected chi connectivity index (χ2v) is 7.46. The molecule has 132 valence electrons. The molecule has 2 heterocycles. The molecule has 1 unspecified atom stereocenters. The average Bonchev–Trinajstić information content (AvgIpc) is 2.96. The maximum atomic E-state index is 12.2. The molecule has 0 aliphatic carbocycles. The van der Waals surface area contributed by atoms with Crippen LogP contribution in [0.25, 0.3) is 0 Å². The second-order valence-electron chi connectivity index (χ2n) is 6.52. The normalized spacial score (nSPS) is 19.0. The molecule has 1 aliphatic rings. The zero-order valence-electron chi connectivity index (χ0n) is 13.8. The van der Waals surface area contributed by atoms with Crippen LogP contribution in [0.4, 0.5) is 10.6 Å². The van der Waals surface area contributed by atoms with Crippen LogP contribution >= 0.6 is 0 Å². The molecule has 2 amide bonds. The first-order valence-electron chi connectivity index (χ1n) is 7.50. The molecule has 0 bridgehead atoms. The van der Waals surface area contributed by atoms with Gasteiger partial charge in [-0.1, -0.05) is 0 Å². The van der Waals surface area contributed by atoms with Crippen LogP contribution in [0.15, 0.2) is 23.2 Å². The average molecular weight is 354 g/mol. The van der Waals surface area contributed by atoms with Gasteiger partial charge in [0.15, 0.2) is 0 Å². The minimum absolute atomic E-state index is 0.0463. The van der Waals surface area contributed by atoms with Crippen LogP contribution in [-0.4, -0.2) is 49.3 Å². The number of anilines is 1. The number of carbonyl (C=O) groups is 2. The molecule has 1 aromatic heterocycles. The molecular formula is C15H20N3O5S-. The molecule has 24 heavy (non-hydrogen) atoms. The van der Waals surface area contributed by atoms with Crippen molar-refractivity contribution in [1.29, 1.82) is 0 Å². The van der Waals surface area contributed by atoms with Gasteiger partial charge >= 0.3 is 6.09 Å². The maximum Gasteiger partial charge on any atom is 0.410 e. The van der Waals surface area contributed by atoms with Crippen LogP contribution in [0.1, 0.15) is 27.2 Å². The van der Waals surface area contributed by atoms with E-state index in [9.17, 15) is 18.4 Å². The summed E-state index contributed by atoms with van der Waals surface area (Å²) in [6, 6.07) is 2.77. The van der Waals surface area contributed by atoms with E-state index >= 15 is 0 Å². The summed E-state index contributed by atoms with van der Waals surface area (Å²) in [6.07, 6.45) is 1.27. The number of aromatic nitrogens is 1. The maximum absolute atomic E-state index is 12.2. The third-order valence-electron chi connectivity index (χ3n) is 3.39. The lowest BCUT2D eigenvalue weighted by atomic mass is 10.1. The lowest BCUT2D eigenvalue weighted by Crippen LogP contribution is -2.36. The van der Waals surface area contributed by atoms with Crippen LogP contribution in [-0.2, 0) is 20.6 Å². The fraction of sp³-hybridized carbons (Fsp3) is 0.533. The Balaban J connectivity index is 1.90. The van der Waals surface area contributed by atoms with E-state index in [-0.39, 0.29) is 29.1 Å². The molecule has 0 spiro atoms. The summed E-state index contributed by atoms with van der Waals surface area (Å²) in [5, 5.41) is 2.63. The quantitative estimate of drug-likeness (QED) is 0.824. The fourth-order valence-corrected chi connectivity index (χ4v) is 2.57. The molecular weight excluding hydrogens is 334 g/mol. The molecule has 1 aliphatic heterocycles. The number of pyridine rings is 1. The molecule has 1 N–H and O–H groups in total. The predicted molar refractivity (Wildman–Crippen MR) is 86.0 cm³/mol. The van der Waals surface area contributed by atoms with Crippen molar-refractivity contribution in [2.45, 2.75) is 37.7 Å². The van der Waals surface area contributed by atoms with Gasteiger partial charge in [-0.2, -0.15) is 0 Å². The molecule has 0 aromatic carbocycles. The number of likely N-dealkylation sites (tertiary alicyclic amines) is 1. The Morgan fingerprint density at radius 2 is 2.12 bits per heavy atom. The Kier molecular flexibility index (Phi) is 5.55. The highest BCUT2D eigenvalue weighted by Crippen LogP contribution is 2.21. The first-order valence-corrected chi connectivity index (χ1v) is 8.57. The highest BCUT2D eigenvalue weighted by atomic mass is 32.2. The van der Waals surface area contributed by atoms with Crippen LogP contribution in [0.5, 0.6) is 0 Å². The topological polar surface area (TPSA) is 112 Å². The van der Waals surface area contributed by atoms with Crippen molar-refractivity contribution < 1.29 is 23.1 Å². The van der Waals surface area contributed by atoms with E-state index in [1.807, 2.05) is 0 Å². The molecule has 1 aromatic rings. The van der Waals surface area contributed by atoms with E-state index in [0.29, 0.717) is 13.0 Å². The highest BCUT2D eigenvalue weighted by Gasteiger charge is 2.33. The number of rotatable bonds is 3. The van der Waals surface area contributed by atoms with E-state index < -0.39 is 22.8 Å². The van der Waals surface area contributed by atoms with Gasteiger partial charge in [0, 0.05) is 24.2 Å². The summed E-state index contributed by atoms with van der Waals surface area (Å²) in [6.45, 7) is 6.10. The van der Waals surface area contributed by atoms with Gasteiger partial charge in [0.2, 0.25) is 5.91 Å². The van der Waals surface area contributed by atoms with Crippen molar-refractivity contribution in [3.05, 3.63) is 18.3 Å². The summed E-state index contributed by atoms with van der Waals surface area (Å²) in [5.74, 6) is -0.345. The highest BCUT2D eigenvalue weighted by molar-refractivity contribution is 7.79. The number of hydrogen-bond donors (Lipinski definition) is 1. The smallest absolute Gasteiger partial charge is 0.410 e. The molecule has 1 fully saturated rings. The van der Waals surface area contributed by atoms with Gasteiger partial charge in [-0.3, -0.25) is 9.00 Å². The third kappa shape index (κ3) is 5.00. The van der Waals surface area contributed by atoms with E-state index in [1.54, 1.807) is 20.8 Å². The van der Waals surface area contributed by atoms with Crippen molar-refractivity contribution in [1.82, 2.24) is 9.88 Å². The number of amides is 2. The van der Waals surface area contributed by atoms with E-state index in [0.717, 1.165) is 0 Å². The second kappa shape index (κ2) is 7.27. The van der Waals surface area contributed by atoms with Gasteiger partial charge in [0.05, 0.1) is 5.92 Å². The summed E-state index contributed by atoms with van der Waals surface area (Å²) in [4.78, 5) is 29.7. The Morgan fingerprint density at radius 3 is 2.67 bits per heavy atom. The van der Waals surface area contributed by atoms with Crippen molar-refractivity contribution in [2.75, 3.05) is 18.4 Å². The van der Waals surface area contributed by atoms with Crippen LogP contribution < -0.4 is 5.32 Å². The zero-order valence-corrected chi connectivity index (χ0v) is 14.6. The van der Waals surface area contributed by atoms with Gasteiger partial charge in [-0.05, 0) is 50.4 Å². The zero-order chi connectivity index (χ0) is 17.9. The van der Waals surface area contributed by atoms with Crippen molar-refractivity contribution >= 4 is 28.9 Å². The first kappa shape index (κ1) is 18.3. The molecule has 2 atom stereocenters. The summed E-state index contributed by atoms with van der Waals surface area (Å²) < 4.78 is 26.8. The Morgan fingerprint density at radius 1 is 1.42 bits per heavy atom. The standard InChI is InChI=1S/C15H21N3O5S/c1-15(2,3)23-14(20)18-7-6-10(9-18)13(19)17-12-5-4-11(8-16-12)24(21)22/h4-5,8,10H,6-7,9H2,1-3H3,(H,21,22)(H,16,17,19)/p-1/t10-/m0/s1. The molecule has 9 heteroatoms. The third-order valence-corrected chi connectivity index (χ3v) is 4.02. The van der Waals surface area contributed by atoms with E-state index in [2.05, 4.69) is 10.3 Å². The monoisotopic (exact) mass is 354 g/mol. The van der Waals surface area contributed by atoms with Crippen molar-refractivity contribution in [3.63, 3.8) is 0 Å². The van der Waals surface area contributed by atoms with Crippen molar-refractivity contribution in [3.8, 4) is 0 Å². The lowest BCUT2D eigenvalue weighted by Gasteiger charge is -2.24. The first-order chi connectivity index (χ1) is 11.2. The van der Waals surface area contributed by atoms with Gasteiger partial charge < -0.3 is 19.5 Å². The minimum Gasteiger partial charge on any atom is -0.768 e. The summed E-state index contributed by atoms with van der Waals surface area (Å²) in [7, 11) is 0. The number of nitrogens with one attached hydrogen (secondary N) is 1. The van der Waals surface area contributed by atoms with Crippen LogP contribution in [0, 0.1) is 5.92 Å². The van der Waals surface area contributed by atoms with E-state index in [4.69, 9.17) is 4.74 Å². The van der Waals surface area contributed by atoms with Crippen LogP contribution in [0.2, 0.25) is 0 Å². The SMILES string of the molecule is CC(C)(C)OC(=O)N1CC[C@H](C(=O)Nc2ccc(S(=O)[O-])cn2)C1. The van der Waals surface area contributed by atoms with Crippen molar-refractivity contribution in [2.24, 2.45) is 5.92 Å². The molecule has 1 saturated heterocycles. The van der Waals surface area contributed by atoms with Gasteiger partial charge in [0.25, 0.3) is 0 Å². The largest absolute Gasteiger partial charge is 0.768 e. The lowest BCUT2D eigenvalue weighted by molar-refractivity contribution is -0.119. The molecule has 0 saturated carbocycles. The molecule has 0 radical (unpaired) electrons. The Bertz CT molecular complexity index is 642. The summed E-state index contributed by atoms with van der Waals surface area (Å²) >= 11 is -2.35. The number of hydrogen-bond acceptors (Lipinski definition) is 6.